The van der Waals surface area contributed by atoms with Crippen molar-refractivity contribution in [3.05, 3.63) is 30.3 Å². The van der Waals surface area contributed by atoms with Crippen molar-refractivity contribution in [3.8, 4) is 0 Å². The molecule has 126 valence electrons. The molecular formula is C16H29IN4O. The molecule has 0 unspecified atom stereocenters. The van der Waals surface area contributed by atoms with Gasteiger partial charge in [0.15, 0.2) is 5.96 Å². The van der Waals surface area contributed by atoms with Gasteiger partial charge in [-0.2, -0.15) is 0 Å². The van der Waals surface area contributed by atoms with Gasteiger partial charge in [-0.15, -0.1) is 24.0 Å². The second-order valence-electron chi connectivity index (χ2n) is 4.53. The van der Waals surface area contributed by atoms with Crippen LogP contribution in [0.5, 0.6) is 0 Å². The minimum Gasteiger partial charge on any atom is -0.385 e. The SMILES string of the molecule is CCNC(=NCCCNc1ccccc1)NCCOCC.I. The molecule has 1 aromatic rings. The van der Waals surface area contributed by atoms with Gasteiger partial charge >= 0.3 is 0 Å². The maximum Gasteiger partial charge on any atom is 0.191 e. The van der Waals surface area contributed by atoms with Gasteiger partial charge in [0.1, 0.15) is 0 Å². The predicted octanol–water partition coefficient (Wildman–Crippen LogP) is 2.70. The monoisotopic (exact) mass is 420 g/mol. The fourth-order valence-corrected chi connectivity index (χ4v) is 1.79. The lowest BCUT2D eigenvalue weighted by atomic mass is 10.3. The molecule has 0 fully saturated rings. The Morgan fingerprint density at radius 1 is 1.09 bits per heavy atom. The van der Waals surface area contributed by atoms with E-state index in [2.05, 4.69) is 40.0 Å². The number of anilines is 1. The molecule has 3 N–H and O–H groups in total. The van der Waals surface area contributed by atoms with E-state index in [0.29, 0.717) is 6.61 Å². The summed E-state index contributed by atoms with van der Waals surface area (Å²) in [6, 6.07) is 10.2. The van der Waals surface area contributed by atoms with Crippen molar-refractivity contribution in [3.63, 3.8) is 0 Å². The fraction of sp³-hybridized carbons (Fsp3) is 0.562. The van der Waals surface area contributed by atoms with Gasteiger partial charge in [-0.3, -0.25) is 4.99 Å². The minimum atomic E-state index is 0. The Bertz CT molecular complexity index is 387. The molecule has 0 aliphatic carbocycles. The molecule has 0 radical (unpaired) electrons. The number of guanidine groups is 1. The smallest absolute Gasteiger partial charge is 0.191 e. The third-order valence-corrected chi connectivity index (χ3v) is 2.79. The van der Waals surface area contributed by atoms with Gasteiger partial charge in [0, 0.05) is 38.5 Å². The molecular weight excluding hydrogens is 391 g/mol. The predicted molar refractivity (Wildman–Crippen MR) is 105 cm³/mol. The first-order chi connectivity index (χ1) is 10.4. The van der Waals surface area contributed by atoms with Crippen LogP contribution in [-0.2, 0) is 4.74 Å². The molecule has 0 amide bonds. The van der Waals surface area contributed by atoms with Crippen LogP contribution < -0.4 is 16.0 Å². The van der Waals surface area contributed by atoms with Gasteiger partial charge in [-0.05, 0) is 32.4 Å². The molecule has 1 rings (SSSR count). The Hall–Kier alpha value is -1.02. The third kappa shape index (κ3) is 10.7. The lowest BCUT2D eigenvalue weighted by Gasteiger charge is -2.11. The number of halogens is 1. The normalized spacial score (nSPS) is 10.7. The number of aliphatic imine (C=N–C) groups is 1. The topological polar surface area (TPSA) is 57.7 Å². The van der Waals surface area contributed by atoms with Gasteiger partial charge in [-0.1, -0.05) is 18.2 Å². The summed E-state index contributed by atoms with van der Waals surface area (Å²) in [5.41, 5.74) is 1.16. The van der Waals surface area contributed by atoms with E-state index in [1.165, 1.54) is 0 Å². The first kappa shape index (κ1) is 21.0. The summed E-state index contributed by atoms with van der Waals surface area (Å²) < 4.78 is 5.30. The van der Waals surface area contributed by atoms with Crippen LogP contribution in [0.2, 0.25) is 0 Å². The highest BCUT2D eigenvalue weighted by Crippen LogP contribution is 2.04. The Balaban J connectivity index is 0.00000441. The third-order valence-electron chi connectivity index (χ3n) is 2.79. The summed E-state index contributed by atoms with van der Waals surface area (Å²) in [7, 11) is 0. The number of nitrogens with one attached hydrogen (secondary N) is 3. The molecule has 0 bridgehead atoms. The zero-order chi connectivity index (χ0) is 15.2. The van der Waals surface area contributed by atoms with Crippen molar-refractivity contribution in [2.45, 2.75) is 20.3 Å². The Kier molecular flexibility index (Phi) is 14.2. The zero-order valence-electron chi connectivity index (χ0n) is 13.6. The summed E-state index contributed by atoms with van der Waals surface area (Å²) in [5.74, 6) is 0.858. The highest BCUT2D eigenvalue weighted by atomic mass is 127. The molecule has 0 aliphatic rings. The Morgan fingerprint density at radius 2 is 1.86 bits per heavy atom. The van der Waals surface area contributed by atoms with Gasteiger partial charge < -0.3 is 20.7 Å². The second-order valence-corrected chi connectivity index (χ2v) is 4.53. The van der Waals surface area contributed by atoms with Gasteiger partial charge in [0.25, 0.3) is 0 Å². The second kappa shape index (κ2) is 14.9. The van der Waals surface area contributed by atoms with Gasteiger partial charge in [-0.25, -0.2) is 0 Å². The van der Waals surface area contributed by atoms with E-state index in [0.717, 1.165) is 50.9 Å². The molecule has 6 heteroatoms. The lowest BCUT2D eigenvalue weighted by Crippen LogP contribution is -2.39. The van der Waals surface area contributed by atoms with E-state index >= 15 is 0 Å². The van der Waals surface area contributed by atoms with Crippen molar-refractivity contribution in [1.29, 1.82) is 0 Å². The van der Waals surface area contributed by atoms with Crippen molar-refractivity contribution in [2.75, 3.05) is 44.7 Å². The molecule has 0 aromatic heterocycles. The zero-order valence-corrected chi connectivity index (χ0v) is 15.9. The van der Waals surface area contributed by atoms with Crippen molar-refractivity contribution >= 4 is 35.6 Å². The van der Waals surface area contributed by atoms with Gasteiger partial charge in [0.2, 0.25) is 0 Å². The number of para-hydroxylation sites is 1. The number of ether oxygens (including phenoxy) is 1. The van der Waals surface area contributed by atoms with Crippen molar-refractivity contribution in [2.24, 2.45) is 4.99 Å². The van der Waals surface area contributed by atoms with E-state index < -0.39 is 0 Å². The van der Waals surface area contributed by atoms with Crippen LogP contribution in [0.3, 0.4) is 0 Å². The number of hydrogen-bond acceptors (Lipinski definition) is 3. The average Bonchev–Trinajstić information content (AvgIpc) is 2.52. The van der Waals surface area contributed by atoms with E-state index in [9.17, 15) is 0 Å². The van der Waals surface area contributed by atoms with Crippen LogP contribution in [0.25, 0.3) is 0 Å². The van der Waals surface area contributed by atoms with E-state index in [1.54, 1.807) is 0 Å². The molecule has 0 heterocycles. The molecule has 22 heavy (non-hydrogen) atoms. The summed E-state index contributed by atoms with van der Waals surface area (Å²) in [4.78, 5) is 4.54. The van der Waals surface area contributed by atoms with Crippen molar-refractivity contribution in [1.82, 2.24) is 10.6 Å². The summed E-state index contributed by atoms with van der Waals surface area (Å²) in [5, 5.41) is 9.87. The number of nitrogens with zero attached hydrogens (tertiary/aromatic N) is 1. The van der Waals surface area contributed by atoms with Crippen LogP contribution in [0.15, 0.2) is 35.3 Å². The van der Waals surface area contributed by atoms with Crippen LogP contribution in [0.1, 0.15) is 20.3 Å². The molecule has 0 saturated heterocycles. The van der Waals surface area contributed by atoms with Crippen LogP contribution in [0.4, 0.5) is 5.69 Å². The average molecular weight is 420 g/mol. The number of hydrogen-bond donors (Lipinski definition) is 3. The van der Waals surface area contributed by atoms with Crippen LogP contribution in [-0.4, -0.2) is 45.4 Å². The molecule has 0 spiro atoms. The highest BCUT2D eigenvalue weighted by molar-refractivity contribution is 14.0. The molecule has 5 nitrogen and oxygen atoms in total. The van der Waals surface area contributed by atoms with Crippen LogP contribution in [0, 0.1) is 0 Å². The quantitative estimate of drug-likeness (QED) is 0.236. The highest BCUT2D eigenvalue weighted by Gasteiger charge is 1.96. The number of benzene rings is 1. The maximum absolute atomic E-state index is 5.30. The van der Waals surface area contributed by atoms with E-state index in [4.69, 9.17) is 4.74 Å². The first-order valence-electron chi connectivity index (χ1n) is 7.75. The minimum absolute atomic E-state index is 0. The molecule has 1 aromatic carbocycles. The van der Waals surface area contributed by atoms with E-state index in [1.807, 2.05) is 25.1 Å². The maximum atomic E-state index is 5.30. The van der Waals surface area contributed by atoms with E-state index in [-0.39, 0.29) is 24.0 Å². The van der Waals surface area contributed by atoms with Crippen molar-refractivity contribution < 1.29 is 4.74 Å². The van der Waals surface area contributed by atoms with Gasteiger partial charge in [0.05, 0.1) is 6.61 Å². The molecule has 0 saturated carbocycles. The molecule has 0 atom stereocenters. The Morgan fingerprint density at radius 3 is 2.55 bits per heavy atom. The largest absolute Gasteiger partial charge is 0.385 e. The molecule has 0 aliphatic heterocycles. The number of rotatable bonds is 10. The fourth-order valence-electron chi connectivity index (χ4n) is 1.79. The summed E-state index contributed by atoms with van der Waals surface area (Å²) in [6.45, 7) is 8.88. The first-order valence-corrected chi connectivity index (χ1v) is 7.75. The Labute approximate surface area is 151 Å². The summed E-state index contributed by atoms with van der Waals surface area (Å²) >= 11 is 0. The summed E-state index contributed by atoms with van der Waals surface area (Å²) in [6.07, 6.45) is 0.997. The lowest BCUT2D eigenvalue weighted by molar-refractivity contribution is 0.152. The standard InChI is InChI=1S/C16H28N4O.HI/c1-3-17-16(20-13-14-21-4-2)19-12-8-11-18-15-9-6-5-7-10-15;/h5-7,9-10,18H,3-4,8,11-14H2,1-2H3,(H2,17,19,20);1H. The van der Waals surface area contributed by atoms with Crippen LogP contribution >= 0.6 is 24.0 Å².